The molecule has 0 fully saturated rings. The van der Waals surface area contributed by atoms with Crippen LogP contribution in [0.25, 0.3) is 0 Å². The molecule has 21 heavy (non-hydrogen) atoms. The summed E-state index contributed by atoms with van der Waals surface area (Å²) in [6.07, 6.45) is -4.86. The topological polar surface area (TPSA) is 43.1 Å². The first-order valence-electron chi connectivity index (χ1n) is 5.67. The molecule has 0 aliphatic heterocycles. The van der Waals surface area contributed by atoms with Crippen LogP contribution in [0.2, 0.25) is 0 Å². The van der Waals surface area contributed by atoms with Crippen molar-refractivity contribution < 1.29 is 22.4 Å². The lowest BCUT2D eigenvalue weighted by Gasteiger charge is -2.11. The minimum absolute atomic E-state index is 0.0300. The van der Waals surface area contributed by atoms with E-state index in [1.54, 1.807) is 0 Å². The van der Waals surface area contributed by atoms with Crippen molar-refractivity contribution in [3.05, 3.63) is 63.4 Å². The van der Waals surface area contributed by atoms with Crippen LogP contribution in [0.4, 0.5) is 23.2 Å². The molecular formula is C14H8BrF4NO. The van der Waals surface area contributed by atoms with E-state index in [1.807, 2.05) is 0 Å². The first-order chi connectivity index (χ1) is 9.71. The molecule has 0 saturated heterocycles. The predicted molar refractivity (Wildman–Crippen MR) is 73.4 cm³/mol. The average molecular weight is 362 g/mol. The van der Waals surface area contributed by atoms with Gasteiger partial charge in [-0.15, -0.1) is 0 Å². The fourth-order valence-electron chi connectivity index (χ4n) is 1.79. The summed E-state index contributed by atoms with van der Waals surface area (Å²) >= 11 is 3.08. The number of alkyl halides is 3. The van der Waals surface area contributed by atoms with Crippen LogP contribution in [-0.4, -0.2) is 5.78 Å². The SMILES string of the molecule is Nc1ccc(C(=O)c2cccc(C(F)(F)F)c2F)c(Br)c1. The van der Waals surface area contributed by atoms with E-state index in [1.165, 1.54) is 18.2 Å². The third-order valence-electron chi connectivity index (χ3n) is 2.79. The third kappa shape index (κ3) is 3.07. The zero-order valence-electron chi connectivity index (χ0n) is 10.3. The molecule has 0 bridgehead atoms. The van der Waals surface area contributed by atoms with Crippen LogP contribution < -0.4 is 5.73 Å². The Bertz CT molecular complexity index is 713. The number of benzene rings is 2. The maximum atomic E-state index is 13.9. The number of halogens is 5. The van der Waals surface area contributed by atoms with Gasteiger partial charge in [0, 0.05) is 15.7 Å². The monoisotopic (exact) mass is 361 g/mol. The van der Waals surface area contributed by atoms with Crippen LogP contribution in [0.3, 0.4) is 0 Å². The number of hydrogen-bond donors (Lipinski definition) is 1. The van der Waals surface area contributed by atoms with Gasteiger partial charge in [0.25, 0.3) is 0 Å². The predicted octanol–water partition coefficient (Wildman–Crippen LogP) is 4.42. The van der Waals surface area contributed by atoms with Crippen molar-refractivity contribution in [2.75, 3.05) is 5.73 Å². The van der Waals surface area contributed by atoms with E-state index in [9.17, 15) is 22.4 Å². The van der Waals surface area contributed by atoms with Crippen molar-refractivity contribution in [1.29, 1.82) is 0 Å². The molecule has 0 amide bonds. The molecule has 110 valence electrons. The molecule has 0 aliphatic rings. The molecule has 7 heteroatoms. The number of anilines is 1. The molecule has 0 atom stereocenters. The Morgan fingerprint density at radius 1 is 1.10 bits per heavy atom. The van der Waals surface area contributed by atoms with Gasteiger partial charge >= 0.3 is 6.18 Å². The third-order valence-corrected chi connectivity index (χ3v) is 3.44. The Balaban J connectivity index is 2.54. The van der Waals surface area contributed by atoms with Crippen molar-refractivity contribution in [3.8, 4) is 0 Å². The van der Waals surface area contributed by atoms with Gasteiger partial charge in [0.1, 0.15) is 5.82 Å². The molecule has 0 saturated carbocycles. The lowest BCUT2D eigenvalue weighted by molar-refractivity contribution is -0.140. The first-order valence-corrected chi connectivity index (χ1v) is 6.46. The van der Waals surface area contributed by atoms with Crippen molar-refractivity contribution in [2.24, 2.45) is 0 Å². The largest absolute Gasteiger partial charge is 0.419 e. The molecule has 0 aromatic heterocycles. The minimum atomic E-state index is -4.86. The Labute approximate surface area is 125 Å². The molecule has 2 nitrogen and oxygen atoms in total. The van der Waals surface area contributed by atoms with Gasteiger partial charge in [0.2, 0.25) is 0 Å². The standard InChI is InChI=1S/C14H8BrF4NO/c15-11-6-7(20)4-5-8(11)13(21)9-2-1-3-10(12(9)16)14(17,18)19/h1-6H,20H2. The highest BCUT2D eigenvalue weighted by Crippen LogP contribution is 2.33. The number of hydrogen-bond acceptors (Lipinski definition) is 2. The number of nitrogen functional groups attached to an aromatic ring is 1. The molecule has 2 N–H and O–H groups in total. The Morgan fingerprint density at radius 3 is 2.33 bits per heavy atom. The van der Waals surface area contributed by atoms with E-state index >= 15 is 0 Å². The lowest BCUT2D eigenvalue weighted by atomic mass is 10.00. The summed E-state index contributed by atoms with van der Waals surface area (Å²) in [6.45, 7) is 0. The highest BCUT2D eigenvalue weighted by Gasteiger charge is 2.35. The Kier molecular flexibility index (Phi) is 4.04. The van der Waals surface area contributed by atoms with Gasteiger partial charge in [-0.3, -0.25) is 4.79 Å². The summed E-state index contributed by atoms with van der Waals surface area (Å²) in [4.78, 5) is 12.2. The second kappa shape index (κ2) is 5.48. The van der Waals surface area contributed by atoms with E-state index in [2.05, 4.69) is 15.9 Å². The lowest BCUT2D eigenvalue weighted by Crippen LogP contribution is -2.13. The second-order valence-electron chi connectivity index (χ2n) is 4.23. The average Bonchev–Trinajstić information content (AvgIpc) is 2.37. The van der Waals surface area contributed by atoms with Gasteiger partial charge in [-0.2, -0.15) is 13.2 Å². The summed E-state index contributed by atoms with van der Waals surface area (Å²) < 4.78 is 52.2. The summed E-state index contributed by atoms with van der Waals surface area (Å²) in [7, 11) is 0. The number of rotatable bonds is 2. The summed E-state index contributed by atoms with van der Waals surface area (Å²) in [5.41, 5.74) is 3.79. The Hall–Kier alpha value is -1.89. The molecule has 0 spiro atoms. The quantitative estimate of drug-likeness (QED) is 0.488. The number of ketones is 1. The Morgan fingerprint density at radius 2 is 1.76 bits per heavy atom. The smallest absolute Gasteiger partial charge is 0.399 e. The van der Waals surface area contributed by atoms with Crippen LogP contribution in [0, 0.1) is 5.82 Å². The zero-order valence-corrected chi connectivity index (χ0v) is 11.9. The van der Waals surface area contributed by atoms with Crippen molar-refractivity contribution in [1.82, 2.24) is 0 Å². The van der Waals surface area contributed by atoms with Crippen LogP contribution in [0.15, 0.2) is 40.9 Å². The summed E-state index contributed by atoms with van der Waals surface area (Å²) in [5, 5.41) is 0. The van der Waals surface area contributed by atoms with Crippen LogP contribution >= 0.6 is 15.9 Å². The van der Waals surface area contributed by atoms with Crippen LogP contribution in [-0.2, 0) is 6.18 Å². The molecule has 0 radical (unpaired) electrons. The van der Waals surface area contributed by atoms with Crippen LogP contribution in [0.1, 0.15) is 21.5 Å². The molecular weight excluding hydrogens is 354 g/mol. The molecule has 0 unspecified atom stereocenters. The fourth-order valence-corrected chi connectivity index (χ4v) is 2.36. The number of carbonyl (C=O) groups excluding carboxylic acids is 1. The van der Waals surface area contributed by atoms with Gasteiger partial charge in [-0.1, -0.05) is 6.07 Å². The molecule has 2 aromatic carbocycles. The van der Waals surface area contributed by atoms with E-state index in [4.69, 9.17) is 5.73 Å². The second-order valence-corrected chi connectivity index (χ2v) is 5.09. The van der Waals surface area contributed by atoms with Crippen molar-refractivity contribution in [2.45, 2.75) is 6.18 Å². The molecule has 2 aromatic rings. The summed E-state index contributed by atoms with van der Waals surface area (Å²) in [6, 6.07) is 6.73. The maximum absolute atomic E-state index is 13.9. The van der Waals surface area contributed by atoms with E-state index in [0.29, 0.717) is 11.8 Å². The fraction of sp³-hybridized carbons (Fsp3) is 0.0714. The van der Waals surface area contributed by atoms with Gasteiger partial charge in [0.05, 0.1) is 11.1 Å². The van der Waals surface area contributed by atoms with E-state index < -0.39 is 28.9 Å². The van der Waals surface area contributed by atoms with Gasteiger partial charge < -0.3 is 5.73 Å². The normalized spacial score (nSPS) is 11.5. The molecule has 0 aliphatic carbocycles. The maximum Gasteiger partial charge on any atom is 0.419 e. The van der Waals surface area contributed by atoms with Gasteiger partial charge in [-0.25, -0.2) is 4.39 Å². The molecule has 0 heterocycles. The van der Waals surface area contributed by atoms with Crippen molar-refractivity contribution >= 4 is 27.4 Å². The van der Waals surface area contributed by atoms with Crippen molar-refractivity contribution in [3.63, 3.8) is 0 Å². The first kappa shape index (κ1) is 15.5. The van der Waals surface area contributed by atoms with Crippen LogP contribution in [0.5, 0.6) is 0 Å². The number of carbonyl (C=O) groups is 1. The highest BCUT2D eigenvalue weighted by molar-refractivity contribution is 9.10. The minimum Gasteiger partial charge on any atom is -0.399 e. The summed E-state index contributed by atoms with van der Waals surface area (Å²) in [5.74, 6) is -2.44. The highest BCUT2D eigenvalue weighted by atomic mass is 79.9. The zero-order chi connectivity index (χ0) is 15.8. The van der Waals surface area contributed by atoms with E-state index in [-0.39, 0.29) is 10.0 Å². The van der Waals surface area contributed by atoms with Gasteiger partial charge in [-0.05, 0) is 46.3 Å². The van der Waals surface area contributed by atoms with Gasteiger partial charge in [0.15, 0.2) is 5.78 Å². The molecule has 2 rings (SSSR count). The number of nitrogens with two attached hydrogens (primary N) is 1. The van der Waals surface area contributed by atoms with E-state index in [0.717, 1.165) is 12.1 Å².